The quantitative estimate of drug-likeness (QED) is 0.347. The minimum atomic E-state index is -1.61. The molecule has 0 bridgehead atoms. The van der Waals surface area contributed by atoms with Gasteiger partial charge in [-0.05, 0) is 42.0 Å². The molecule has 2 heterocycles. The number of benzene rings is 3. The normalized spacial score (nSPS) is 22.2. The Morgan fingerprint density at radius 3 is 2.20 bits per heavy atom. The van der Waals surface area contributed by atoms with E-state index in [0.29, 0.717) is 33.2 Å². The number of halogens is 1. The zero-order valence-corrected chi connectivity index (χ0v) is 23.8. The zero-order valence-electron chi connectivity index (χ0n) is 23.0. The van der Waals surface area contributed by atoms with Crippen molar-refractivity contribution < 1.29 is 23.9 Å². The number of methoxy groups -OCH3 is 2. The number of carbonyl (C=O) groups excluding carboxylic acids is 3. The molecular weight excluding hydrogens is 526 g/mol. The molecule has 0 N–H and O–H groups in total. The maximum absolute atomic E-state index is 14.7. The van der Waals surface area contributed by atoms with Crippen LogP contribution in [0.5, 0.6) is 11.5 Å². The number of fused-ring (bicyclic) bond motifs is 5. The van der Waals surface area contributed by atoms with E-state index in [4.69, 9.17) is 21.1 Å². The van der Waals surface area contributed by atoms with Crippen LogP contribution in [-0.4, -0.2) is 43.7 Å². The number of ether oxygens (including phenoxy) is 2. The van der Waals surface area contributed by atoms with Crippen molar-refractivity contribution in [2.75, 3.05) is 19.1 Å². The van der Waals surface area contributed by atoms with Crippen LogP contribution in [0.25, 0.3) is 6.08 Å². The number of Topliss-reactive ketones (excluding diaryl/α,β-unsaturated/α-hetero) is 3. The molecule has 6 nitrogen and oxygen atoms in total. The average molecular weight is 556 g/mol. The van der Waals surface area contributed by atoms with Gasteiger partial charge in [0, 0.05) is 38.7 Å². The van der Waals surface area contributed by atoms with Crippen molar-refractivity contribution in [2.24, 2.45) is 10.8 Å². The Morgan fingerprint density at radius 1 is 0.925 bits per heavy atom. The average Bonchev–Trinajstić information content (AvgIpc) is 3.37. The molecule has 0 unspecified atom stereocenters. The van der Waals surface area contributed by atoms with Gasteiger partial charge in [-0.2, -0.15) is 0 Å². The molecule has 1 fully saturated rings. The summed E-state index contributed by atoms with van der Waals surface area (Å²) in [4.78, 5) is 46.0. The molecule has 7 heteroatoms. The Morgan fingerprint density at radius 2 is 1.60 bits per heavy atom. The molecule has 40 heavy (non-hydrogen) atoms. The zero-order chi connectivity index (χ0) is 28.6. The van der Waals surface area contributed by atoms with Gasteiger partial charge in [0.05, 0.1) is 26.3 Å². The van der Waals surface area contributed by atoms with Crippen molar-refractivity contribution in [3.63, 3.8) is 0 Å². The Kier molecular flexibility index (Phi) is 5.97. The summed E-state index contributed by atoms with van der Waals surface area (Å²) >= 11 is 6.36. The number of ketones is 3. The maximum atomic E-state index is 14.7. The molecule has 1 spiro atoms. The summed E-state index contributed by atoms with van der Waals surface area (Å²) in [5, 5.41) is 0.556. The molecule has 3 aliphatic rings. The molecule has 0 amide bonds. The number of hydrogen-bond donors (Lipinski definition) is 0. The highest BCUT2D eigenvalue weighted by atomic mass is 35.5. The van der Waals surface area contributed by atoms with Crippen LogP contribution >= 0.6 is 11.6 Å². The summed E-state index contributed by atoms with van der Waals surface area (Å²) in [6.07, 6.45) is 3.79. The highest BCUT2D eigenvalue weighted by Crippen LogP contribution is 2.62. The molecule has 0 saturated carbocycles. The van der Waals surface area contributed by atoms with Crippen LogP contribution in [0.4, 0.5) is 5.69 Å². The van der Waals surface area contributed by atoms with E-state index in [1.165, 1.54) is 0 Å². The smallest absolute Gasteiger partial charge is 0.180 e. The second-order valence-corrected chi connectivity index (χ2v) is 12.1. The second kappa shape index (κ2) is 9.07. The number of carbonyl (C=O) groups is 3. The molecule has 1 saturated heterocycles. The van der Waals surface area contributed by atoms with Crippen molar-refractivity contribution in [1.82, 2.24) is 0 Å². The number of anilines is 1. The molecule has 0 radical (unpaired) electrons. The number of nitrogens with zero attached hydrogens (tertiary/aromatic N) is 1. The first-order valence-electron chi connectivity index (χ1n) is 13.3. The summed E-state index contributed by atoms with van der Waals surface area (Å²) in [7, 11) is 3.10. The number of rotatable bonds is 4. The predicted molar refractivity (Wildman–Crippen MR) is 155 cm³/mol. The Hall–Kier alpha value is -3.90. The van der Waals surface area contributed by atoms with Gasteiger partial charge < -0.3 is 14.4 Å². The SMILES string of the molecule is COc1ccc(OC)c([C@@H]2[C@H](C(=O)C(C)(C)C)N3c4ccc(Cl)cc4C=C[C@H]3C23C(=O)c2ccccc2C3=O)c1. The third-order valence-electron chi connectivity index (χ3n) is 8.55. The minimum Gasteiger partial charge on any atom is -0.497 e. The van der Waals surface area contributed by atoms with Gasteiger partial charge in [-0.1, -0.05) is 68.8 Å². The highest BCUT2D eigenvalue weighted by Gasteiger charge is 2.72. The van der Waals surface area contributed by atoms with Crippen molar-refractivity contribution in [1.29, 1.82) is 0 Å². The fraction of sp³-hybridized carbons (Fsp3) is 0.303. The van der Waals surface area contributed by atoms with Crippen molar-refractivity contribution in [3.8, 4) is 11.5 Å². The summed E-state index contributed by atoms with van der Waals surface area (Å²) in [6, 6.07) is 16.2. The molecule has 0 aromatic heterocycles. The highest BCUT2D eigenvalue weighted by molar-refractivity contribution is 6.32. The monoisotopic (exact) mass is 555 g/mol. The Bertz CT molecular complexity index is 1580. The first-order chi connectivity index (χ1) is 19.0. The summed E-state index contributed by atoms with van der Waals surface area (Å²) in [5.41, 5.74) is 0.507. The topological polar surface area (TPSA) is 72.9 Å². The number of hydrogen-bond acceptors (Lipinski definition) is 6. The van der Waals surface area contributed by atoms with Gasteiger partial charge in [0.15, 0.2) is 17.3 Å². The first kappa shape index (κ1) is 26.3. The molecule has 1 aliphatic carbocycles. The lowest BCUT2D eigenvalue weighted by molar-refractivity contribution is -0.127. The Labute approximate surface area is 238 Å². The van der Waals surface area contributed by atoms with E-state index in [9.17, 15) is 14.4 Å². The largest absolute Gasteiger partial charge is 0.497 e. The summed E-state index contributed by atoms with van der Waals surface area (Å²) < 4.78 is 11.4. The lowest BCUT2D eigenvalue weighted by Gasteiger charge is -2.38. The molecule has 2 aliphatic heterocycles. The van der Waals surface area contributed by atoms with E-state index < -0.39 is 28.8 Å². The molecule has 204 valence electrons. The van der Waals surface area contributed by atoms with Crippen molar-refractivity contribution in [2.45, 2.75) is 38.8 Å². The lowest BCUT2D eigenvalue weighted by atomic mass is 9.63. The third-order valence-corrected chi connectivity index (χ3v) is 8.78. The first-order valence-corrected chi connectivity index (χ1v) is 13.6. The fourth-order valence-corrected chi connectivity index (χ4v) is 7.00. The lowest BCUT2D eigenvalue weighted by Crippen LogP contribution is -2.49. The van der Waals surface area contributed by atoms with Gasteiger partial charge in [0.2, 0.25) is 0 Å². The van der Waals surface area contributed by atoms with Gasteiger partial charge in [-0.25, -0.2) is 0 Å². The molecule has 6 rings (SSSR count). The van der Waals surface area contributed by atoms with Crippen LogP contribution in [0.15, 0.2) is 66.7 Å². The van der Waals surface area contributed by atoms with E-state index in [1.54, 1.807) is 62.8 Å². The van der Waals surface area contributed by atoms with E-state index in [2.05, 4.69) is 0 Å². The second-order valence-electron chi connectivity index (χ2n) is 11.6. The van der Waals surface area contributed by atoms with Gasteiger partial charge in [-0.3, -0.25) is 14.4 Å². The van der Waals surface area contributed by atoms with Crippen molar-refractivity contribution in [3.05, 3.63) is 94.0 Å². The van der Waals surface area contributed by atoms with Crippen LogP contribution in [0.1, 0.15) is 58.5 Å². The van der Waals surface area contributed by atoms with Gasteiger partial charge in [0.1, 0.15) is 16.9 Å². The summed E-state index contributed by atoms with van der Waals surface area (Å²) in [6.45, 7) is 5.60. The molecule has 3 aromatic carbocycles. The van der Waals surface area contributed by atoms with Gasteiger partial charge >= 0.3 is 0 Å². The van der Waals surface area contributed by atoms with E-state index in [-0.39, 0.29) is 17.3 Å². The fourth-order valence-electron chi connectivity index (χ4n) is 6.82. The van der Waals surface area contributed by atoms with E-state index in [0.717, 1.165) is 11.3 Å². The summed E-state index contributed by atoms with van der Waals surface area (Å²) in [5.74, 6) is -0.511. The van der Waals surface area contributed by atoms with Gasteiger partial charge in [0.25, 0.3) is 0 Å². The van der Waals surface area contributed by atoms with Crippen molar-refractivity contribution >= 4 is 40.7 Å². The van der Waals surface area contributed by atoms with Gasteiger partial charge in [-0.15, -0.1) is 0 Å². The Balaban J connectivity index is 1.74. The standard InChI is InChI=1S/C33H30ClNO5/c1-32(2,3)31(38)28-27(23-17-20(39-4)12-14-25(23)40-5)33(29(36)21-8-6-7-9-22(21)30(33)37)26-15-10-18-16-19(34)11-13-24(18)35(26)28/h6-17,26-28H,1-5H3/t26-,27+,28+/m0/s1. The van der Waals surface area contributed by atoms with Crippen LogP contribution in [-0.2, 0) is 4.79 Å². The van der Waals surface area contributed by atoms with E-state index >= 15 is 0 Å². The van der Waals surface area contributed by atoms with Crippen LogP contribution in [0, 0.1) is 10.8 Å². The van der Waals surface area contributed by atoms with E-state index in [1.807, 2.05) is 50.0 Å². The predicted octanol–water partition coefficient (Wildman–Crippen LogP) is 6.41. The molecule has 3 atom stereocenters. The maximum Gasteiger partial charge on any atom is 0.180 e. The molecular formula is C33H30ClNO5. The van der Waals surface area contributed by atoms with Crippen LogP contribution in [0.3, 0.4) is 0 Å². The third kappa shape index (κ3) is 3.45. The minimum absolute atomic E-state index is 0.0861. The van der Waals surface area contributed by atoms with Crippen LogP contribution in [0.2, 0.25) is 5.02 Å². The van der Waals surface area contributed by atoms with Crippen LogP contribution < -0.4 is 14.4 Å². The molecule has 3 aromatic rings.